The van der Waals surface area contributed by atoms with Crippen LogP contribution >= 0.6 is 0 Å². The topological polar surface area (TPSA) is 99.1 Å². The summed E-state index contributed by atoms with van der Waals surface area (Å²) in [6.07, 6.45) is 6.15. The monoisotopic (exact) mass is 541 g/mol. The summed E-state index contributed by atoms with van der Waals surface area (Å²) in [6.45, 7) is 10.2. The van der Waals surface area contributed by atoms with E-state index in [0.717, 1.165) is 75.6 Å². The molecule has 9 nitrogen and oxygen atoms in total. The van der Waals surface area contributed by atoms with Crippen LogP contribution in [-0.4, -0.2) is 66.9 Å². The second-order valence-corrected chi connectivity index (χ2v) is 11.7. The molecule has 0 radical (unpaired) electrons. The number of unbranched alkanes of at least 4 members (excludes halogenated alkanes) is 2. The molecule has 0 saturated carbocycles. The Kier molecular flexibility index (Phi) is 9.88. The molecule has 4 rings (SSSR count). The number of amides is 1. The van der Waals surface area contributed by atoms with E-state index in [-0.39, 0.29) is 24.6 Å². The molecule has 0 bridgehead atoms. The first kappa shape index (κ1) is 28.9. The van der Waals surface area contributed by atoms with Crippen LogP contribution in [-0.2, 0) is 25.6 Å². The number of ether oxygens (including phenoxy) is 3. The smallest absolute Gasteiger partial charge is 0.314 e. The molecule has 2 aliphatic heterocycles. The fourth-order valence-electron chi connectivity index (χ4n) is 5.22. The number of rotatable bonds is 11. The Hall–Kier alpha value is -3.07. The molecule has 1 aromatic carbocycles. The fourth-order valence-corrected chi connectivity index (χ4v) is 5.22. The standard InChI is InChI=1S/C30H43N3O6/c1-30(2,3)29(36)39-21-38-25(34)12-5-4-8-15-32-17-13-22(14-18-32)20-31-27(35)26-23-10-6-7-11-24(23)33-16-9-19-37-28(26)33/h6-7,10-11,22H,4-5,8-9,12-21H2,1-3H3,(H,31,35). The molecule has 1 fully saturated rings. The number of aryl methyl sites for hydroxylation is 1. The van der Waals surface area contributed by atoms with Gasteiger partial charge in [-0.05, 0) is 84.5 Å². The quantitative estimate of drug-likeness (QED) is 0.254. The third kappa shape index (κ3) is 7.75. The number of aromatic nitrogens is 1. The zero-order chi connectivity index (χ0) is 27.8. The van der Waals surface area contributed by atoms with Crippen molar-refractivity contribution in [1.82, 2.24) is 14.8 Å². The average molecular weight is 542 g/mol. The van der Waals surface area contributed by atoms with Gasteiger partial charge in [-0.1, -0.05) is 24.6 Å². The summed E-state index contributed by atoms with van der Waals surface area (Å²) in [6, 6.07) is 8.03. The second-order valence-electron chi connectivity index (χ2n) is 11.7. The van der Waals surface area contributed by atoms with E-state index in [1.165, 1.54) is 0 Å². The first-order chi connectivity index (χ1) is 18.7. The summed E-state index contributed by atoms with van der Waals surface area (Å²) in [7, 11) is 0. The van der Waals surface area contributed by atoms with Crippen molar-refractivity contribution in [1.29, 1.82) is 0 Å². The molecule has 0 unspecified atom stereocenters. The van der Waals surface area contributed by atoms with Crippen LogP contribution in [0.3, 0.4) is 0 Å². The predicted molar refractivity (Wildman–Crippen MR) is 149 cm³/mol. The molecular formula is C30H43N3O6. The lowest BCUT2D eigenvalue weighted by molar-refractivity contribution is -0.173. The Bertz CT molecular complexity index is 1140. The van der Waals surface area contributed by atoms with Crippen LogP contribution in [0.2, 0.25) is 0 Å². The summed E-state index contributed by atoms with van der Waals surface area (Å²) in [4.78, 5) is 39.2. The molecule has 1 saturated heterocycles. The van der Waals surface area contributed by atoms with Gasteiger partial charge in [-0.2, -0.15) is 0 Å². The number of hydrogen-bond acceptors (Lipinski definition) is 7. The van der Waals surface area contributed by atoms with E-state index in [1.807, 2.05) is 18.2 Å². The van der Waals surface area contributed by atoms with Crippen LogP contribution in [0, 0.1) is 11.3 Å². The minimum atomic E-state index is -0.609. The van der Waals surface area contributed by atoms with E-state index in [9.17, 15) is 14.4 Å². The number of benzene rings is 1. The van der Waals surface area contributed by atoms with Crippen molar-refractivity contribution < 1.29 is 28.6 Å². The maximum Gasteiger partial charge on any atom is 0.314 e. The molecule has 9 heteroatoms. The summed E-state index contributed by atoms with van der Waals surface area (Å²) in [5, 5.41) is 4.15. The van der Waals surface area contributed by atoms with E-state index >= 15 is 0 Å². The number of piperidine rings is 1. The SMILES string of the molecule is CC(C)(C)C(=O)OCOC(=O)CCCCCN1CCC(CNC(=O)c2c3n(c4ccccc24)CCCO3)CC1. The minimum Gasteiger partial charge on any atom is -0.478 e. The van der Waals surface area contributed by atoms with Crippen LogP contribution in [0.1, 0.15) is 76.1 Å². The van der Waals surface area contributed by atoms with Gasteiger partial charge in [-0.3, -0.25) is 14.4 Å². The van der Waals surface area contributed by atoms with Crippen molar-refractivity contribution in [3.8, 4) is 5.88 Å². The van der Waals surface area contributed by atoms with Gasteiger partial charge in [0, 0.05) is 24.9 Å². The summed E-state index contributed by atoms with van der Waals surface area (Å²) in [5.41, 5.74) is 1.11. The number of para-hydroxylation sites is 1. The number of likely N-dealkylation sites (tertiary alicyclic amines) is 1. The number of nitrogens with one attached hydrogen (secondary N) is 1. The molecule has 2 aromatic rings. The van der Waals surface area contributed by atoms with Crippen molar-refractivity contribution in [3.05, 3.63) is 29.8 Å². The van der Waals surface area contributed by atoms with Crippen LogP contribution in [0.15, 0.2) is 24.3 Å². The van der Waals surface area contributed by atoms with Crippen LogP contribution < -0.4 is 10.1 Å². The molecule has 0 aliphatic carbocycles. The van der Waals surface area contributed by atoms with Gasteiger partial charge >= 0.3 is 11.9 Å². The molecule has 0 spiro atoms. The molecule has 3 heterocycles. The van der Waals surface area contributed by atoms with Crippen molar-refractivity contribution in [2.24, 2.45) is 11.3 Å². The molecule has 1 amide bonds. The summed E-state index contributed by atoms with van der Waals surface area (Å²) in [5.74, 6) is 0.407. The minimum absolute atomic E-state index is 0.0461. The van der Waals surface area contributed by atoms with E-state index in [0.29, 0.717) is 36.9 Å². The van der Waals surface area contributed by atoms with Gasteiger partial charge in [0.05, 0.1) is 17.5 Å². The molecule has 214 valence electrons. The van der Waals surface area contributed by atoms with Crippen molar-refractivity contribution in [3.63, 3.8) is 0 Å². The Morgan fingerprint density at radius 2 is 1.79 bits per heavy atom. The first-order valence-corrected chi connectivity index (χ1v) is 14.3. The summed E-state index contributed by atoms with van der Waals surface area (Å²) < 4.78 is 18.0. The maximum absolute atomic E-state index is 13.2. The molecule has 39 heavy (non-hydrogen) atoms. The van der Waals surface area contributed by atoms with E-state index in [1.54, 1.807) is 20.8 Å². The number of esters is 2. The maximum atomic E-state index is 13.2. The molecule has 1 N–H and O–H groups in total. The first-order valence-electron chi connectivity index (χ1n) is 14.3. The van der Waals surface area contributed by atoms with Gasteiger partial charge in [-0.15, -0.1) is 0 Å². The van der Waals surface area contributed by atoms with Gasteiger partial charge < -0.3 is 29.0 Å². The van der Waals surface area contributed by atoms with E-state index in [2.05, 4.69) is 20.9 Å². The number of fused-ring (bicyclic) bond motifs is 3. The highest BCUT2D eigenvalue weighted by atomic mass is 16.7. The van der Waals surface area contributed by atoms with Crippen molar-refractivity contribution in [2.75, 3.05) is 39.6 Å². The van der Waals surface area contributed by atoms with E-state index in [4.69, 9.17) is 14.2 Å². The summed E-state index contributed by atoms with van der Waals surface area (Å²) >= 11 is 0. The lowest BCUT2D eigenvalue weighted by Gasteiger charge is -2.32. The number of nitrogens with zero attached hydrogens (tertiary/aromatic N) is 2. The lowest BCUT2D eigenvalue weighted by atomic mass is 9.96. The Morgan fingerprint density at radius 1 is 1.03 bits per heavy atom. The second kappa shape index (κ2) is 13.3. The Balaban J connectivity index is 1.10. The van der Waals surface area contributed by atoms with E-state index < -0.39 is 5.41 Å². The molecule has 1 aromatic heterocycles. The highest BCUT2D eigenvalue weighted by molar-refractivity contribution is 6.09. The fraction of sp³-hybridized carbons (Fsp3) is 0.633. The third-order valence-corrected chi connectivity index (χ3v) is 7.55. The van der Waals surface area contributed by atoms with Gasteiger partial charge in [0.25, 0.3) is 5.91 Å². The normalized spacial score (nSPS) is 16.4. The van der Waals surface area contributed by atoms with Gasteiger partial charge in [0.1, 0.15) is 5.56 Å². The van der Waals surface area contributed by atoms with Crippen LogP contribution in [0.4, 0.5) is 0 Å². The lowest BCUT2D eigenvalue weighted by Crippen LogP contribution is -2.39. The van der Waals surface area contributed by atoms with Gasteiger partial charge in [-0.25, -0.2) is 0 Å². The number of carbonyl (C=O) groups is 3. The number of carbonyl (C=O) groups excluding carboxylic acids is 3. The van der Waals surface area contributed by atoms with Gasteiger partial charge in [0.2, 0.25) is 12.7 Å². The molecule has 0 atom stereocenters. The van der Waals surface area contributed by atoms with Crippen molar-refractivity contribution >= 4 is 28.7 Å². The highest BCUT2D eigenvalue weighted by Gasteiger charge is 2.27. The Labute approximate surface area is 231 Å². The predicted octanol–water partition coefficient (Wildman–Crippen LogP) is 4.52. The largest absolute Gasteiger partial charge is 0.478 e. The van der Waals surface area contributed by atoms with Crippen LogP contribution in [0.25, 0.3) is 10.9 Å². The third-order valence-electron chi connectivity index (χ3n) is 7.55. The zero-order valence-corrected chi connectivity index (χ0v) is 23.6. The van der Waals surface area contributed by atoms with Crippen LogP contribution in [0.5, 0.6) is 5.88 Å². The van der Waals surface area contributed by atoms with Crippen molar-refractivity contribution in [2.45, 2.75) is 72.3 Å². The average Bonchev–Trinajstić information content (AvgIpc) is 3.26. The highest BCUT2D eigenvalue weighted by Crippen LogP contribution is 2.34. The zero-order valence-electron chi connectivity index (χ0n) is 23.6. The molecule has 2 aliphatic rings. The Morgan fingerprint density at radius 3 is 2.56 bits per heavy atom. The molecular weight excluding hydrogens is 498 g/mol. The number of hydrogen-bond donors (Lipinski definition) is 1. The van der Waals surface area contributed by atoms with Gasteiger partial charge in [0.15, 0.2) is 0 Å².